The number of benzene rings is 1. The number of nitrogens with one attached hydrogen (secondary N) is 1. The van der Waals surface area contributed by atoms with Gasteiger partial charge >= 0.3 is 6.36 Å². The van der Waals surface area contributed by atoms with Crippen LogP contribution in [0.4, 0.5) is 13.2 Å². The van der Waals surface area contributed by atoms with Crippen molar-refractivity contribution in [2.45, 2.75) is 44.9 Å². The van der Waals surface area contributed by atoms with E-state index in [0.717, 1.165) is 19.3 Å². The molecule has 3 rings (SSSR count). The predicted octanol–water partition coefficient (Wildman–Crippen LogP) is 3.75. The molecule has 2 atom stereocenters. The molecule has 1 fully saturated rings. The van der Waals surface area contributed by atoms with Crippen LogP contribution in [-0.2, 0) is 4.79 Å². The molecule has 1 aromatic rings. The number of alkyl halides is 3. The Morgan fingerprint density at radius 1 is 1.38 bits per heavy atom. The molecule has 2 unspecified atom stereocenters. The number of aliphatic imine (C=N–C) groups is 1. The van der Waals surface area contributed by atoms with Gasteiger partial charge in [0.05, 0.1) is 6.04 Å². The first-order chi connectivity index (χ1) is 12.3. The van der Waals surface area contributed by atoms with Crippen molar-refractivity contribution < 1.29 is 22.7 Å². The first-order valence-electron chi connectivity index (χ1n) is 8.47. The Labute approximate surface area is 149 Å². The van der Waals surface area contributed by atoms with E-state index < -0.39 is 12.7 Å². The van der Waals surface area contributed by atoms with Gasteiger partial charge in [-0.3, -0.25) is 4.79 Å². The molecule has 1 N–H and O–H groups in total. The Hall–Kier alpha value is -2.51. The number of allylic oxidation sites excluding steroid dienone is 1. The van der Waals surface area contributed by atoms with E-state index in [1.165, 1.54) is 18.2 Å². The summed E-state index contributed by atoms with van der Waals surface area (Å²) >= 11 is 0. The smallest absolute Gasteiger partial charge is 0.406 e. The summed E-state index contributed by atoms with van der Waals surface area (Å²) in [5.74, 6) is -0.293. The second kappa shape index (κ2) is 7.39. The van der Waals surface area contributed by atoms with Crippen LogP contribution in [0.3, 0.4) is 0 Å². The van der Waals surface area contributed by atoms with Gasteiger partial charge in [-0.15, -0.1) is 13.2 Å². The molecule has 0 radical (unpaired) electrons. The highest BCUT2D eigenvalue weighted by molar-refractivity contribution is 5.80. The van der Waals surface area contributed by atoms with Gasteiger partial charge in [0.1, 0.15) is 5.75 Å². The predicted molar refractivity (Wildman–Crippen MR) is 90.3 cm³/mol. The van der Waals surface area contributed by atoms with Gasteiger partial charge in [-0.2, -0.15) is 0 Å². The molecule has 1 aromatic carbocycles. The number of amides is 1. The Bertz CT molecular complexity index is 714. The molecule has 5 nitrogen and oxygen atoms in total. The van der Waals surface area contributed by atoms with Crippen molar-refractivity contribution in [2.24, 2.45) is 10.9 Å². The van der Waals surface area contributed by atoms with Gasteiger partial charge in [0, 0.05) is 18.3 Å². The van der Waals surface area contributed by atoms with Crippen molar-refractivity contribution in [1.29, 1.82) is 0 Å². The van der Waals surface area contributed by atoms with E-state index in [2.05, 4.69) is 15.0 Å². The average Bonchev–Trinajstić information content (AvgIpc) is 2.51. The summed E-state index contributed by atoms with van der Waals surface area (Å²) in [6.45, 7) is 1.83. The molecule has 0 spiro atoms. The molecule has 0 aromatic heterocycles. The van der Waals surface area contributed by atoms with E-state index in [0.29, 0.717) is 5.56 Å². The molecule has 140 valence electrons. The summed E-state index contributed by atoms with van der Waals surface area (Å²) in [6.07, 6.45) is 2.57. The molecular weight excluding hydrogens is 347 g/mol. The molecule has 1 amide bonds. The van der Waals surface area contributed by atoms with E-state index in [-0.39, 0.29) is 23.6 Å². The summed E-state index contributed by atoms with van der Waals surface area (Å²) < 4.78 is 41.3. The molecule has 0 bridgehead atoms. The minimum absolute atomic E-state index is 0.0248. The largest absolute Gasteiger partial charge is 0.573 e. The van der Waals surface area contributed by atoms with E-state index in [4.69, 9.17) is 0 Å². The number of carbonyl (C=O) groups is 1. The number of nitrogens with zero attached hydrogens (tertiary/aromatic N) is 2. The SMILES string of the molecule is CC(c1cccc(OC(F)(F)F)c1)N1C=CC=NC1NC(=O)C1CCC1. The van der Waals surface area contributed by atoms with Gasteiger partial charge in [-0.25, -0.2) is 4.99 Å². The zero-order valence-corrected chi connectivity index (χ0v) is 14.2. The van der Waals surface area contributed by atoms with Crippen LogP contribution >= 0.6 is 0 Å². The fourth-order valence-electron chi connectivity index (χ4n) is 2.94. The standard InChI is InChI=1S/C18H20F3N3O2/c1-12(14-7-3-8-15(11-14)26-18(19,20)21)24-10-4-9-22-17(24)23-16(25)13-5-2-6-13/h3-4,7-13,17H,2,5-6H2,1H3,(H,23,25). The van der Waals surface area contributed by atoms with Gasteiger partial charge in [-0.05, 0) is 43.5 Å². The van der Waals surface area contributed by atoms with Crippen LogP contribution in [-0.4, -0.2) is 29.7 Å². The summed E-state index contributed by atoms with van der Waals surface area (Å²) in [5, 5.41) is 2.90. The van der Waals surface area contributed by atoms with Crippen LogP contribution in [0.2, 0.25) is 0 Å². The highest BCUT2D eigenvalue weighted by Gasteiger charge is 2.32. The first kappa shape index (κ1) is 18.3. The van der Waals surface area contributed by atoms with E-state index in [1.54, 1.807) is 29.5 Å². The molecule has 8 heteroatoms. The van der Waals surface area contributed by atoms with Gasteiger partial charge in [-0.1, -0.05) is 18.6 Å². The monoisotopic (exact) mass is 367 g/mol. The van der Waals surface area contributed by atoms with Crippen molar-refractivity contribution in [3.05, 3.63) is 42.1 Å². The van der Waals surface area contributed by atoms with Crippen molar-refractivity contribution in [3.8, 4) is 5.75 Å². The Morgan fingerprint density at radius 2 is 2.15 bits per heavy atom. The lowest BCUT2D eigenvalue weighted by Crippen LogP contribution is -2.49. The number of ether oxygens (including phenoxy) is 1. The van der Waals surface area contributed by atoms with Gasteiger partial charge in [0.25, 0.3) is 0 Å². The molecule has 0 saturated heterocycles. The lowest BCUT2D eigenvalue weighted by atomic mass is 9.85. The first-order valence-corrected chi connectivity index (χ1v) is 8.47. The van der Waals surface area contributed by atoms with Crippen molar-refractivity contribution in [2.75, 3.05) is 0 Å². The minimum Gasteiger partial charge on any atom is -0.406 e. The fraction of sp³-hybridized carbons (Fsp3) is 0.444. The molecule has 1 heterocycles. The molecule has 1 saturated carbocycles. The Kier molecular flexibility index (Phi) is 5.20. The van der Waals surface area contributed by atoms with E-state index in [1.807, 2.05) is 6.92 Å². The molecule has 26 heavy (non-hydrogen) atoms. The van der Waals surface area contributed by atoms with Crippen LogP contribution in [0.25, 0.3) is 0 Å². The van der Waals surface area contributed by atoms with Crippen LogP contribution in [0.15, 0.2) is 41.5 Å². The maximum Gasteiger partial charge on any atom is 0.573 e. The second-order valence-electron chi connectivity index (χ2n) is 6.39. The Balaban J connectivity index is 1.73. The molecule has 1 aliphatic carbocycles. The topological polar surface area (TPSA) is 53.9 Å². The summed E-state index contributed by atoms with van der Waals surface area (Å²) in [7, 11) is 0. The average molecular weight is 367 g/mol. The fourth-order valence-corrected chi connectivity index (χ4v) is 2.94. The second-order valence-corrected chi connectivity index (χ2v) is 6.39. The highest BCUT2D eigenvalue weighted by Crippen LogP contribution is 2.30. The quantitative estimate of drug-likeness (QED) is 0.862. The van der Waals surface area contributed by atoms with Crippen LogP contribution < -0.4 is 10.1 Å². The number of carbonyl (C=O) groups excluding carboxylic acids is 1. The third kappa shape index (κ3) is 4.36. The van der Waals surface area contributed by atoms with Gasteiger partial charge in [0.2, 0.25) is 5.91 Å². The summed E-state index contributed by atoms with van der Waals surface area (Å²) in [6, 6.07) is 5.50. The third-order valence-electron chi connectivity index (χ3n) is 4.62. The number of hydrogen-bond donors (Lipinski definition) is 1. The number of halogens is 3. The summed E-state index contributed by atoms with van der Waals surface area (Å²) in [4.78, 5) is 18.3. The maximum atomic E-state index is 12.4. The molecular formula is C18H20F3N3O2. The summed E-state index contributed by atoms with van der Waals surface area (Å²) in [5.41, 5.74) is 0.622. The lowest BCUT2D eigenvalue weighted by molar-refractivity contribution is -0.274. The van der Waals surface area contributed by atoms with E-state index in [9.17, 15) is 18.0 Å². The van der Waals surface area contributed by atoms with Crippen molar-refractivity contribution in [1.82, 2.24) is 10.2 Å². The van der Waals surface area contributed by atoms with Crippen molar-refractivity contribution in [3.63, 3.8) is 0 Å². The highest BCUT2D eigenvalue weighted by atomic mass is 19.4. The zero-order valence-electron chi connectivity index (χ0n) is 14.2. The molecule has 2 aliphatic rings. The van der Waals surface area contributed by atoms with E-state index >= 15 is 0 Å². The van der Waals surface area contributed by atoms with Gasteiger partial charge in [0.15, 0.2) is 6.29 Å². The van der Waals surface area contributed by atoms with Gasteiger partial charge < -0.3 is 15.0 Å². The van der Waals surface area contributed by atoms with Crippen molar-refractivity contribution >= 4 is 12.1 Å². The normalized spacial score (nSPS) is 21.2. The third-order valence-corrected chi connectivity index (χ3v) is 4.62. The maximum absolute atomic E-state index is 12.4. The number of rotatable bonds is 5. The van der Waals surface area contributed by atoms with Crippen LogP contribution in [0.5, 0.6) is 5.75 Å². The van der Waals surface area contributed by atoms with Crippen LogP contribution in [0.1, 0.15) is 37.8 Å². The van der Waals surface area contributed by atoms with Crippen LogP contribution in [0, 0.1) is 5.92 Å². The lowest BCUT2D eigenvalue weighted by Gasteiger charge is -2.36. The Morgan fingerprint density at radius 3 is 2.81 bits per heavy atom. The molecule has 1 aliphatic heterocycles. The minimum atomic E-state index is -4.74. The number of hydrogen-bond acceptors (Lipinski definition) is 4. The zero-order chi connectivity index (χ0) is 18.7.